The fourth-order valence-corrected chi connectivity index (χ4v) is 2.44. The number of rotatable bonds is 3. The summed E-state index contributed by atoms with van der Waals surface area (Å²) < 4.78 is 5.78. The molecule has 1 heterocycles. The van der Waals surface area contributed by atoms with Gasteiger partial charge in [0, 0.05) is 7.05 Å². The highest BCUT2D eigenvalue weighted by atomic mass is 16.5. The van der Waals surface area contributed by atoms with Crippen LogP contribution in [0.15, 0.2) is 18.2 Å². The highest BCUT2D eigenvalue weighted by Gasteiger charge is 2.39. The highest BCUT2D eigenvalue weighted by Crippen LogP contribution is 2.38. The van der Waals surface area contributed by atoms with Crippen molar-refractivity contribution in [3.05, 3.63) is 23.8 Å². The summed E-state index contributed by atoms with van der Waals surface area (Å²) in [7, 11) is 1.79. The lowest BCUT2D eigenvalue weighted by Crippen LogP contribution is -2.50. The summed E-state index contributed by atoms with van der Waals surface area (Å²) in [6.45, 7) is 6.39. The van der Waals surface area contributed by atoms with Crippen molar-refractivity contribution in [3.63, 3.8) is 0 Å². The van der Waals surface area contributed by atoms with Crippen LogP contribution in [0.1, 0.15) is 38.7 Å². The topological polar surface area (TPSA) is 55.6 Å². The van der Waals surface area contributed by atoms with Crippen LogP contribution < -0.4 is 15.4 Å². The van der Waals surface area contributed by atoms with Crippen LogP contribution in [0.4, 0.5) is 5.69 Å². The Hall–Kier alpha value is -1.55. The Kier molecular flexibility index (Phi) is 3.54. The van der Waals surface area contributed by atoms with Gasteiger partial charge in [-0.1, -0.05) is 13.0 Å². The molecule has 1 amide bonds. The normalized spacial score (nSPS) is 18.8. The Bertz CT molecular complexity index is 497. The molecule has 1 unspecified atom stereocenters. The van der Waals surface area contributed by atoms with Crippen LogP contribution >= 0.6 is 0 Å². The highest BCUT2D eigenvalue weighted by molar-refractivity contribution is 6.01. The fourth-order valence-electron chi connectivity index (χ4n) is 2.44. The van der Waals surface area contributed by atoms with Crippen molar-refractivity contribution in [2.75, 3.05) is 18.5 Å². The number of ether oxygens (including phenoxy) is 1. The number of hydrogen-bond donors (Lipinski definition) is 1. The third kappa shape index (κ3) is 2.45. The molecule has 0 saturated heterocycles. The average Bonchev–Trinajstić information content (AvgIpc) is 2.36. The molecule has 1 aliphatic heterocycles. The Morgan fingerprint density at radius 3 is 2.74 bits per heavy atom. The molecule has 0 fully saturated rings. The van der Waals surface area contributed by atoms with Crippen LogP contribution in [0.25, 0.3) is 0 Å². The molecule has 0 saturated carbocycles. The third-order valence-electron chi connectivity index (χ3n) is 3.70. The van der Waals surface area contributed by atoms with Crippen molar-refractivity contribution >= 4 is 11.6 Å². The lowest BCUT2D eigenvalue weighted by molar-refractivity contribution is -0.132. The van der Waals surface area contributed by atoms with Gasteiger partial charge >= 0.3 is 0 Å². The summed E-state index contributed by atoms with van der Waals surface area (Å²) in [5.41, 5.74) is 6.83. The summed E-state index contributed by atoms with van der Waals surface area (Å²) in [6, 6.07) is 6.03. The van der Waals surface area contributed by atoms with Crippen LogP contribution in [-0.4, -0.2) is 25.1 Å². The number of anilines is 1. The van der Waals surface area contributed by atoms with Crippen molar-refractivity contribution in [1.82, 2.24) is 0 Å². The Labute approximate surface area is 114 Å². The number of nitrogens with zero attached hydrogens (tertiary/aromatic N) is 1. The van der Waals surface area contributed by atoms with Gasteiger partial charge in [-0.15, -0.1) is 0 Å². The lowest BCUT2D eigenvalue weighted by Gasteiger charge is -2.37. The Balaban J connectivity index is 2.39. The van der Waals surface area contributed by atoms with Gasteiger partial charge in [0.05, 0.1) is 5.69 Å². The number of amides is 1. The molecule has 19 heavy (non-hydrogen) atoms. The van der Waals surface area contributed by atoms with Gasteiger partial charge in [-0.2, -0.15) is 0 Å². The molecule has 0 radical (unpaired) electrons. The second kappa shape index (κ2) is 4.85. The van der Waals surface area contributed by atoms with E-state index in [-0.39, 0.29) is 5.91 Å². The number of benzene rings is 1. The lowest BCUT2D eigenvalue weighted by atomic mass is 9.95. The molecular weight excluding hydrogens is 240 g/mol. The van der Waals surface area contributed by atoms with E-state index < -0.39 is 5.60 Å². The van der Waals surface area contributed by atoms with E-state index in [0.717, 1.165) is 17.9 Å². The van der Waals surface area contributed by atoms with Gasteiger partial charge in [0.25, 0.3) is 5.91 Å². The molecule has 0 spiro atoms. The van der Waals surface area contributed by atoms with E-state index in [1.54, 1.807) is 25.8 Å². The minimum absolute atomic E-state index is 0.0244. The monoisotopic (exact) mass is 262 g/mol. The number of carbonyl (C=O) groups excluding carboxylic acids is 1. The summed E-state index contributed by atoms with van der Waals surface area (Å²) in [6.07, 6.45) is 0.933. The molecule has 1 atom stereocenters. The number of nitrogens with two attached hydrogens (primary N) is 1. The summed E-state index contributed by atoms with van der Waals surface area (Å²) >= 11 is 0. The zero-order chi connectivity index (χ0) is 14.2. The quantitative estimate of drug-likeness (QED) is 0.909. The second-order valence-corrected chi connectivity index (χ2v) is 5.68. The molecule has 1 aromatic carbocycles. The van der Waals surface area contributed by atoms with Gasteiger partial charge in [0.15, 0.2) is 5.60 Å². The molecule has 2 rings (SSSR count). The van der Waals surface area contributed by atoms with Crippen molar-refractivity contribution in [2.45, 2.75) is 38.7 Å². The molecule has 1 aromatic rings. The van der Waals surface area contributed by atoms with Gasteiger partial charge in [0.1, 0.15) is 5.75 Å². The molecular formula is C15H22N2O2. The van der Waals surface area contributed by atoms with Crippen molar-refractivity contribution < 1.29 is 9.53 Å². The number of hydrogen-bond acceptors (Lipinski definition) is 3. The van der Waals surface area contributed by atoms with Crippen LogP contribution in [-0.2, 0) is 4.79 Å². The molecule has 4 nitrogen and oxygen atoms in total. The van der Waals surface area contributed by atoms with Crippen molar-refractivity contribution in [1.29, 1.82) is 0 Å². The first-order valence-corrected chi connectivity index (χ1v) is 6.68. The molecule has 4 heteroatoms. The standard InChI is InChI=1S/C15H22N2O2/c1-10(7-8-16)11-5-6-13-12(9-11)17(4)14(18)15(2,3)19-13/h5-6,9-10H,7-8,16H2,1-4H3. The van der Waals surface area contributed by atoms with E-state index in [1.807, 2.05) is 12.1 Å². The van der Waals surface area contributed by atoms with Crippen LogP contribution in [0.5, 0.6) is 5.75 Å². The molecule has 1 aliphatic rings. The SMILES string of the molecule is CC(CCN)c1ccc2c(c1)N(C)C(=O)C(C)(C)O2. The first kappa shape index (κ1) is 13.9. The fraction of sp³-hybridized carbons (Fsp3) is 0.533. The number of likely N-dealkylation sites (N-methyl/N-ethyl adjacent to an activating group) is 1. The number of fused-ring (bicyclic) bond motifs is 1. The minimum atomic E-state index is -0.799. The van der Waals surface area contributed by atoms with E-state index in [1.165, 1.54) is 5.56 Å². The van der Waals surface area contributed by atoms with Gasteiger partial charge < -0.3 is 15.4 Å². The first-order valence-electron chi connectivity index (χ1n) is 6.68. The largest absolute Gasteiger partial charge is 0.476 e. The van der Waals surface area contributed by atoms with Gasteiger partial charge in [-0.25, -0.2) is 0 Å². The smallest absolute Gasteiger partial charge is 0.270 e. The predicted octanol–water partition coefficient (Wildman–Crippen LogP) is 2.27. The summed E-state index contributed by atoms with van der Waals surface area (Å²) in [4.78, 5) is 13.9. The molecule has 2 N–H and O–H groups in total. The maximum absolute atomic E-state index is 12.2. The minimum Gasteiger partial charge on any atom is -0.476 e. The maximum atomic E-state index is 12.2. The summed E-state index contributed by atoms with van der Waals surface area (Å²) in [5, 5.41) is 0. The second-order valence-electron chi connectivity index (χ2n) is 5.68. The van der Waals surface area contributed by atoms with Gasteiger partial charge in [-0.3, -0.25) is 4.79 Å². The van der Waals surface area contributed by atoms with E-state index in [2.05, 4.69) is 13.0 Å². The van der Waals surface area contributed by atoms with E-state index in [9.17, 15) is 4.79 Å². The molecule has 104 valence electrons. The first-order chi connectivity index (χ1) is 8.86. The van der Waals surface area contributed by atoms with Gasteiger partial charge in [0.2, 0.25) is 0 Å². The van der Waals surface area contributed by atoms with Crippen LogP contribution in [0.2, 0.25) is 0 Å². The predicted molar refractivity (Wildman–Crippen MR) is 76.6 cm³/mol. The van der Waals surface area contributed by atoms with Crippen LogP contribution in [0.3, 0.4) is 0 Å². The molecule has 0 aliphatic carbocycles. The third-order valence-corrected chi connectivity index (χ3v) is 3.70. The maximum Gasteiger partial charge on any atom is 0.270 e. The molecule has 0 bridgehead atoms. The number of carbonyl (C=O) groups is 1. The van der Waals surface area contributed by atoms with E-state index in [0.29, 0.717) is 12.5 Å². The zero-order valence-corrected chi connectivity index (χ0v) is 12.1. The van der Waals surface area contributed by atoms with Crippen molar-refractivity contribution in [2.24, 2.45) is 5.73 Å². The van der Waals surface area contributed by atoms with Gasteiger partial charge in [-0.05, 0) is 50.4 Å². The van der Waals surface area contributed by atoms with E-state index in [4.69, 9.17) is 10.5 Å². The zero-order valence-electron chi connectivity index (χ0n) is 12.1. The Morgan fingerprint density at radius 2 is 2.11 bits per heavy atom. The van der Waals surface area contributed by atoms with E-state index >= 15 is 0 Å². The average molecular weight is 262 g/mol. The summed E-state index contributed by atoms with van der Waals surface area (Å²) in [5.74, 6) is 1.12. The Morgan fingerprint density at radius 1 is 1.42 bits per heavy atom. The van der Waals surface area contributed by atoms with Crippen molar-refractivity contribution in [3.8, 4) is 5.75 Å². The van der Waals surface area contributed by atoms with Crippen LogP contribution in [0, 0.1) is 0 Å². The molecule has 0 aromatic heterocycles.